The van der Waals surface area contributed by atoms with Crippen LogP contribution >= 0.6 is 11.3 Å². The van der Waals surface area contributed by atoms with Gasteiger partial charge in [-0.2, -0.15) is 0 Å². The van der Waals surface area contributed by atoms with Crippen molar-refractivity contribution in [2.75, 3.05) is 11.9 Å². The van der Waals surface area contributed by atoms with E-state index in [9.17, 15) is 0 Å². The number of thiophene rings is 1. The van der Waals surface area contributed by atoms with Gasteiger partial charge in [0.15, 0.2) is 5.82 Å². The van der Waals surface area contributed by atoms with Crippen LogP contribution in [0.25, 0.3) is 10.2 Å². The minimum atomic E-state index is 0.736. The van der Waals surface area contributed by atoms with E-state index in [1.807, 2.05) is 11.3 Å². The van der Waals surface area contributed by atoms with E-state index >= 15 is 0 Å². The van der Waals surface area contributed by atoms with Crippen LogP contribution in [0, 0.1) is 5.92 Å². The van der Waals surface area contributed by atoms with Crippen molar-refractivity contribution in [1.29, 1.82) is 0 Å². The molecule has 3 aromatic rings. The second-order valence-corrected chi connectivity index (χ2v) is 9.16. The van der Waals surface area contributed by atoms with Crippen molar-refractivity contribution in [3.63, 3.8) is 0 Å². The zero-order chi connectivity index (χ0) is 18.4. The van der Waals surface area contributed by atoms with Crippen molar-refractivity contribution in [3.8, 4) is 0 Å². The van der Waals surface area contributed by atoms with Crippen LogP contribution in [-0.4, -0.2) is 31.8 Å². The number of nitrogens with zero attached hydrogens (tertiary/aromatic N) is 6. The lowest BCUT2D eigenvalue weighted by Crippen LogP contribution is -2.22. The van der Waals surface area contributed by atoms with Gasteiger partial charge in [-0.3, -0.25) is 0 Å². The fourth-order valence-corrected chi connectivity index (χ4v) is 5.84. The average Bonchev–Trinajstić information content (AvgIpc) is 3.12. The SMILES string of the molecule is CC1CCc2c(sc3ncnc(N(C)Cc4nnc5n4CCCCC5)c23)C1. The van der Waals surface area contributed by atoms with Crippen molar-refractivity contribution >= 4 is 27.4 Å². The van der Waals surface area contributed by atoms with Crippen molar-refractivity contribution in [2.24, 2.45) is 5.92 Å². The number of hydrogen-bond acceptors (Lipinski definition) is 6. The van der Waals surface area contributed by atoms with Gasteiger partial charge in [0.25, 0.3) is 0 Å². The van der Waals surface area contributed by atoms with Gasteiger partial charge in [-0.25, -0.2) is 9.97 Å². The summed E-state index contributed by atoms with van der Waals surface area (Å²) < 4.78 is 2.33. The molecule has 0 radical (unpaired) electrons. The minimum absolute atomic E-state index is 0.736. The fraction of sp³-hybridized carbons (Fsp3) is 0.600. The smallest absolute Gasteiger partial charge is 0.152 e. The second kappa shape index (κ2) is 6.86. The summed E-state index contributed by atoms with van der Waals surface area (Å²) in [6.07, 6.45) is 10.1. The summed E-state index contributed by atoms with van der Waals surface area (Å²) >= 11 is 1.86. The number of rotatable bonds is 3. The molecular formula is C20H26N6S. The molecular weight excluding hydrogens is 356 g/mol. The Morgan fingerprint density at radius 1 is 1.19 bits per heavy atom. The Labute approximate surface area is 163 Å². The molecule has 142 valence electrons. The zero-order valence-corrected chi connectivity index (χ0v) is 16.9. The third-order valence-corrected chi connectivity index (χ3v) is 7.16. The molecule has 1 unspecified atom stereocenters. The van der Waals surface area contributed by atoms with E-state index in [-0.39, 0.29) is 0 Å². The highest BCUT2D eigenvalue weighted by Gasteiger charge is 2.25. The molecule has 0 fully saturated rings. The van der Waals surface area contributed by atoms with Crippen molar-refractivity contribution in [2.45, 2.75) is 65.0 Å². The normalized spacial score (nSPS) is 19.6. The summed E-state index contributed by atoms with van der Waals surface area (Å²) in [7, 11) is 2.12. The maximum atomic E-state index is 4.68. The van der Waals surface area contributed by atoms with Crippen LogP contribution in [0.3, 0.4) is 0 Å². The molecule has 0 amide bonds. The highest BCUT2D eigenvalue weighted by Crippen LogP contribution is 2.40. The average molecular weight is 383 g/mol. The van der Waals surface area contributed by atoms with Crippen LogP contribution in [0.4, 0.5) is 5.82 Å². The predicted octanol–water partition coefficient (Wildman–Crippen LogP) is 3.77. The van der Waals surface area contributed by atoms with E-state index in [1.54, 1.807) is 6.33 Å². The van der Waals surface area contributed by atoms with E-state index in [1.165, 1.54) is 47.9 Å². The van der Waals surface area contributed by atoms with Gasteiger partial charge < -0.3 is 9.47 Å². The molecule has 2 aliphatic rings. The Bertz CT molecular complexity index is 974. The van der Waals surface area contributed by atoms with Crippen LogP contribution in [-0.2, 0) is 32.4 Å². The van der Waals surface area contributed by atoms with E-state index < -0.39 is 0 Å². The topological polar surface area (TPSA) is 59.7 Å². The third-order valence-electron chi connectivity index (χ3n) is 6.00. The van der Waals surface area contributed by atoms with Crippen molar-refractivity contribution < 1.29 is 0 Å². The molecule has 1 atom stereocenters. The monoisotopic (exact) mass is 382 g/mol. The van der Waals surface area contributed by atoms with Gasteiger partial charge in [0.05, 0.1) is 11.9 Å². The minimum Gasteiger partial charge on any atom is -0.351 e. The molecule has 5 rings (SSSR count). The first-order valence-corrected chi connectivity index (χ1v) is 10.9. The quantitative estimate of drug-likeness (QED) is 0.690. The van der Waals surface area contributed by atoms with Crippen LogP contribution < -0.4 is 4.90 Å². The van der Waals surface area contributed by atoms with Gasteiger partial charge in [-0.15, -0.1) is 21.5 Å². The molecule has 0 N–H and O–H groups in total. The molecule has 27 heavy (non-hydrogen) atoms. The predicted molar refractivity (Wildman–Crippen MR) is 108 cm³/mol. The first kappa shape index (κ1) is 17.1. The molecule has 0 spiro atoms. The fourth-order valence-electron chi connectivity index (χ4n) is 4.50. The highest BCUT2D eigenvalue weighted by molar-refractivity contribution is 7.19. The molecule has 6 nitrogen and oxygen atoms in total. The Morgan fingerprint density at radius 2 is 2.11 bits per heavy atom. The van der Waals surface area contributed by atoms with Crippen molar-refractivity contribution in [3.05, 3.63) is 28.4 Å². The summed E-state index contributed by atoms with van der Waals surface area (Å²) in [5.74, 6) is 4.01. The molecule has 0 saturated carbocycles. The van der Waals surface area contributed by atoms with E-state index in [0.717, 1.165) is 54.1 Å². The van der Waals surface area contributed by atoms with Gasteiger partial charge in [0.2, 0.25) is 0 Å². The van der Waals surface area contributed by atoms with Crippen molar-refractivity contribution in [1.82, 2.24) is 24.7 Å². The van der Waals surface area contributed by atoms with E-state index in [2.05, 4.69) is 43.6 Å². The lowest BCUT2D eigenvalue weighted by Gasteiger charge is -2.21. The summed E-state index contributed by atoms with van der Waals surface area (Å²) in [6, 6.07) is 0. The Hall–Kier alpha value is -2.02. The zero-order valence-electron chi connectivity index (χ0n) is 16.1. The molecule has 4 heterocycles. The molecule has 1 aliphatic heterocycles. The molecule has 3 aromatic heterocycles. The Balaban J connectivity index is 1.50. The van der Waals surface area contributed by atoms with E-state index in [0.29, 0.717) is 0 Å². The van der Waals surface area contributed by atoms with E-state index in [4.69, 9.17) is 0 Å². The molecule has 0 saturated heterocycles. The van der Waals surface area contributed by atoms with Gasteiger partial charge in [-0.1, -0.05) is 13.3 Å². The number of hydrogen-bond donors (Lipinski definition) is 0. The Kier molecular flexibility index (Phi) is 4.34. The highest BCUT2D eigenvalue weighted by atomic mass is 32.1. The number of anilines is 1. The van der Waals surface area contributed by atoms with Crippen LogP contribution in [0.1, 0.15) is 54.7 Å². The maximum Gasteiger partial charge on any atom is 0.152 e. The number of fused-ring (bicyclic) bond motifs is 4. The van der Waals surface area contributed by atoms with Gasteiger partial charge in [0, 0.05) is 24.9 Å². The third kappa shape index (κ3) is 3.02. The molecule has 0 bridgehead atoms. The first-order chi connectivity index (χ1) is 13.2. The molecule has 0 aromatic carbocycles. The lowest BCUT2D eigenvalue weighted by atomic mass is 9.89. The van der Waals surface area contributed by atoms with Gasteiger partial charge >= 0.3 is 0 Å². The van der Waals surface area contributed by atoms with Crippen LogP contribution in [0.15, 0.2) is 6.33 Å². The van der Waals surface area contributed by atoms with Crippen LogP contribution in [0.5, 0.6) is 0 Å². The molecule has 1 aliphatic carbocycles. The summed E-state index contributed by atoms with van der Waals surface area (Å²) in [4.78, 5) is 14.1. The lowest BCUT2D eigenvalue weighted by molar-refractivity contribution is 0.509. The maximum absolute atomic E-state index is 4.68. The van der Waals surface area contributed by atoms with Gasteiger partial charge in [0.1, 0.15) is 22.8 Å². The first-order valence-electron chi connectivity index (χ1n) is 10.1. The Morgan fingerprint density at radius 3 is 3.04 bits per heavy atom. The number of aryl methyl sites for hydroxylation is 2. The standard InChI is InChI=1S/C20H26N6S/c1-13-7-8-14-15(10-13)27-20-18(14)19(21-12-22-20)25(2)11-17-24-23-16-6-4-3-5-9-26(16)17/h12-13H,3-11H2,1-2H3. The van der Waals surface area contributed by atoms with Crippen LogP contribution in [0.2, 0.25) is 0 Å². The summed E-state index contributed by atoms with van der Waals surface area (Å²) in [5, 5.41) is 10.2. The second-order valence-electron chi connectivity index (χ2n) is 8.08. The van der Waals surface area contributed by atoms with Gasteiger partial charge in [-0.05, 0) is 43.6 Å². The largest absolute Gasteiger partial charge is 0.351 e. The number of aromatic nitrogens is 5. The summed E-state index contributed by atoms with van der Waals surface area (Å²) in [5.41, 5.74) is 1.48. The molecule has 7 heteroatoms. The summed E-state index contributed by atoms with van der Waals surface area (Å²) in [6.45, 7) is 4.12.